The van der Waals surface area contributed by atoms with Gasteiger partial charge in [-0.1, -0.05) is 84.0 Å². The second-order valence-corrected chi connectivity index (χ2v) is 7.35. The molecule has 0 atom stereocenters. The second-order valence-electron chi connectivity index (χ2n) is 6.07. The number of anilines is 1. The zero-order chi connectivity index (χ0) is 20.1. The Kier molecular flexibility index (Phi) is 5.93. The SMILES string of the molecule is O=C(CSc1nc(-c2ccccc2)c(-c2ccccc2)o1)Nc1cccnc1Cl. The predicted molar refractivity (Wildman–Crippen MR) is 116 cm³/mol. The molecule has 1 amide bonds. The Balaban J connectivity index is 1.54. The molecule has 4 rings (SSSR count). The standard InChI is InChI=1S/C22H16ClN3O2S/c23-21-17(12-7-13-24-21)25-18(27)14-29-22-26-19(15-8-3-1-4-9-15)20(28-22)16-10-5-2-6-11-16/h1-13H,14H2,(H,25,27). The Bertz CT molecular complexity index is 1060. The number of halogens is 1. The van der Waals surface area contributed by atoms with E-state index in [2.05, 4.69) is 15.3 Å². The zero-order valence-electron chi connectivity index (χ0n) is 15.2. The van der Waals surface area contributed by atoms with Crippen LogP contribution in [0.5, 0.6) is 0 Å². The van der Waals surface area contributed by atoms with Gasteiger partial charge in [0.2, 0.25) is 5.91 Å². The summed E-state index contributed by atoms with van der Waals surface area (Å²) in [5.74, 6) is 0.592. The number of oxazole rings is 1. The summed E-state index contributed by atoms with van der Waals surface area (Å²) in [7, 11) is 0. The molecule has 1 N–H and O–H groups in total. The van der Waals surface area contributed by atoms with Gasteiger partial charge in [-0.25, -0.2) is 9.97 Å². The Labute approximate surface area is 177 Å². The van der Waals surface area contributed by atoms with E-state index in [0.717, 1.165) is 16.8 Å². The van der Waals surface area contributed by atoms with E-state index in [9.17, 15) is 4.79 Å². The van der Waals surface area contributed by atoms with E-state index >= 15 is 0 Å². The van der Waals surface area contributed by atoms with Crippen LogP contribution in [0.1, 0.15) is 0 Å². The van der Waals surface area contributed by atoms with Gasteiger partial charge in [0, 0.05) is 17.3 Å². The maximum absolute atomic E-state index is 12.3. The average molecular weight is 422 g/mol. The number of carbonyl (C=O) groups excluding carboxylic acids is 1. The van der Waals surface area contributed by atoms with Crippen molar-refractivity contribution >= 4 is 35.0 Å². The highest BCUT2D eigenvalue weighted by Crippen LogP contribution is 2.35. The van der Waals surface area contributed by atoms with E-state index in [1.807, 2.05) is 60.7 Å². The summed E-state index contributed by atoms with van der Waals surface area (Å²) in [4.78, 5) is 20.9. The quantitative estimate of drug-likeness (QED) is 0.315. The van der Waals surface area contributed by atoms with E-state index in [-0.39, 0.29) is 16.8 Å². The smallest absolute Gasteiger partial charge is 0.257 e. The van der Waals surface area contributed by atoms with Crippen molar-refractivity contribution in [1.82, 2.24) is 9.97 Å². The fourth-order valence-corrected chi connectivity index (χ4v) is 3.52. The second kappa shape index (κ2) is 8.94. The van der Waals surface area contributed by atoms with Crippen molar-refractivity contribution in [3.8, 4) is 22.6 Å². The lowest BCUT2D eigenvalue weighted by Gasteiger charge is -2.04. The van der Waals surface area contributed by atoms with Crippen molar-refractivity contribution in [2.24, 2.45) is 0 Å². The number of nitrogens with one attached hydrogen (secondary N) is 1. The summed E-state index contributed by atoms with van der Waals surface area (Å²) in [6.07, 6.45) is 1.57. The van der Waals surface area contributed by atoms with Gasteiger partial charge in [0.15, 0.2) is 10.9 Å². The number of thioether (sulfide) groups is 1. The van der Waals surface area contributed by atoms with E-state index in [0.29, 0.717) is 16.7 Å². The van der Waals surface area contributed by atoms with Crippen LogP contribution in [0.4, 0.5) is 5.69 Å². The minimum absolute atomic E-state index is 0.133. The van der Waals surface area contributed by atoms with Gasteiger partial charge in [-0.2, -0.15) is 0 Å². The van der Waals surface area contributed by atoms with Crippen molar-refractivity contribution in [1.29, 1.82) is 0 Å². The lowest BCUT2D eigenvalue weighted by atomic mass is 10.1. The Hall–Kier alpha value is -3.09. The molecule has 0 aliphatic carbocycles. The third kappa shape index (κ3) is 4.67. The fourth-order valence-electron chi connectivity index (χ4n) is 2.73. The molecule has 0 aliphatic heterocycles. The first-order valence-corrected chi connectivity index (χ1v) is 10.2. The molecule has 5 nitrogen and oxygen atoms in total. The molecule has 29 heavy (non-hydrogen) atoms. The topological polar surface area (TPSA) is 68.0 Å². The van der Waals surface area contributed by atoms with Crippen LogP contribution in [0, 0.1) is 0 Å². The summed E-state index contributed by atoms with van der Waals surface area (Å²) in [5, 5.41) is 3.42. The Morgan fingerprint density at radius 1 is 0.966 bits per heavy atom. The molecule has 0 unspecified atom stereocenters. The van der Waals surface area contributed by atoms with Crippen LogP contribution in [0.25, 0.3) is 22.6 Å². The molecule has 2 aromatic heterocycles. The van der Waals surface area contributed by atoms with Crippen molar-refractivity contribution in [2.45, 2.75) is 5.22 Å². The van der Waals surface area contributed by atoms with Crippen molar-refractivity contribution < 1.29 is 9.21 Å². The lowest BCUT2D eigenvalue weighted by Crippen LogP contribution is -2.14. The van der Waals surface area contributed by atoms with Gasteiger partial charge in [-0.15, -0.1) is 0 Å². The molecule has 2 aromatic carbocycles. The number of aromatic nitrogens is 2. The predicted octanol–water partition coefficient (Wildman–Crippen LogP) is 5.79. The summed E-state index contributed by atoms with van der Waals surface area (Å²) in [5.41, 5.74) is 3.10. The van der Waals surface area contributed by atoms with Gasteiger partial charge in [0.25, 0.3) is 5.22 Å². The van der Waals surface area contributed by atoms with Gasteiger partial charge in [-0.3, -0.25) is 4.79 Å². The third-order valence-electron chi connectivity index (χ3n) is 4.05. The molecule has 144 valence electrons. The number of hydrogen-bond acceptors (Lipinski definition) is 5. The van der Waals surface area contributed by atoms with Crippen LogP contribution in [-0.4, -0.2) is 21.6 Å². The van der Waals surface area contributed by atoms with Crippen molar-refractivity contribution in [3.05, 3.63) is 84.1 Å². The summed E-state index contributed by atoms with van der Waals surface area (Å²) in [6.45, 7) is 0. The summed E-state index contributed by atoms with van der Waals surface area (Å²) >= 11 is 7.21. The first kappa shape index (κ1) is 19.2. The maximum Gasteiger partial charge on any atom is 0.257 e. The van der Waals surface area contributed by atoms with E-state index in [4.69, 9.17) is 16.0 Å². The van der Waals surface area contributed by atoms with E-state index in [1.165, 1.54) is 11.8 Å². The molecular weight excluding hydrogens is 406 g/mol. The molecule has 4 aromatic rings. The number of benzene rings is 2. The third-order valence-corrected chi connectivity index (χ3v) is 5.18. The largest absolute Gasteiger partial charge is 0.431 e. The van der Waals surface area contributed by atoms with Crippen molar-refractivity contribution in [3.63, 3.8) is 0 Å². The van der Waals surface area contributed by atoms with Gasteiger partial charge in [0.1, 0.15) is 5.69 Å². The van der Waals surface area contributed by atoms with E-state index in [1.54, 1.807) is 18.3 Å². The Morgan fingerprint density at radius 3 is 2.34 bits per heavy atom. The fraction of sp³-hybridized carbons (Fsp3) is 0.0455. The summed E-state index contributed by atoms with van der Waals surface area (Å²) in [6, 6.07) is 23.0. The molecule has 0 saturated carbocycles. The minimum atomic E-state index is -0.217. The van der Waals surface area contributed by atoms with Crippen LogP contribution in [-0.2, 0) is 4.79 Å². The molecular formula is C22H16ClN3O2S. The summed E-state index contributed by atoms with van der Waals surface area (Å²) < 4.78 is 6.01. The molecule has 0 spiro atoms. The highest BCUT2D eigenvalue weighted by atomic mass is 35.5. The molecule has 0 aliphatic rings. The van der Waals surface area contributed by atoms with Crippen LogP contribution < -0.4 is 5.32 Å². The number of nitrogens with zero attached hydrogens (tertiary/aromatic N) is 2. The first-order valence-electron chi connectivity index (χ1n) is 8.85. The Morgan fingerprint density at radius 2 is 1.66 bits per heavy atom. The van der Waals surface area contributed by atoms with Gasteiger partial charge in [-0.05, 0) is 12.1 Å². The van der Waals surface area contributed by atoms with Crippen LogP contribution >= 0.6 is 23.4 Å². The van der Waals surface area contributed by atoms with Crippen LogP contribution in [0.15, 0.2) is 88.6 Å². The minimum Gasteiger partial charge on any atom is -0.431 e. The molecule has 0 saturated heterocycles. The highest BCUT2D eigenvalue weighted by molar-refractivity contribution is 7.99. The maximum atomic E-state index is 12.3. The molecule has 7 heteroatoms. The number of amides is 1. The number of pyridine rings is 1. The van der Waals surface area contributed by atoms with Crippen LogP contribution in [0.2, 0.25) is 5.15 Å². The number of carbonyl (C=O) groups is 1. The molecule has 0 radical (unpaired) electrons. The number of hydrogen-bond donors (Lipinski definition) is 1. The first-order chi connectivity index (χ1) is 14.2. The van der Waals surface area contributed by atoms with Crippen LogP contribution in [0.3, 0.4) is 0 Å². The molecule has 0 fully saturated rings. The van der Waals surface area contributed by atoms with Crippen molar-refractivity contribution in [2.75, 3.05) is 11.1 Å². The van der Waals surface area contributed by atoms with Gasteiger partial charge >= 0.3 is 0 Å². The zero-order valence-corrected chi connectivity index (χ0v) is 16.8. The highest BCUT2D eigenvalue weighted by Gasteiger charge is 2.18. The lowest BCUT2D eigenvalue weighted by molar-refractivity contribution is -0.113. The monoisotopic (exact) mass is 421 g/mol. The number of rotatable bonds is 6. The van der Waals surface area contributed by atoms with E-state index < -0.39 is 0 Å². The average Bonchev–Trinajstić information content (AvgIpc) is 3.20. The van der Waals surface area contributed by atoms with Gasteiger partial charge < -0.3 is 9.73 Å². The molecule has 0 bridgehead atoms. The molecule has 2 heterocycles. The van der Waals surface area contributed by atoms with Gasteiger partial charge in [0.05, 0.1) is 11.4 Å². The normalized spacial score (nSPS) is 10.7.